The summed E-state index contributed by atoms with van der Waals surface area (Å²) < 4.78 is 0. The van der Waals surface area contributed by atoms with Crippen LogP contribution in [0.3, 0.4) is 0 Å². The number of carbonyl (C=O) groups excluding carboxylic acids is 2. The van der Waals surface area contributed by atoms with Gasteiger partial charge >= 0.3 is 0 Å². The summed E-state index contributed by atoms with van der Waals surface area (Å²) >= 11 is 0. The first-order valence-electron chi connectivity index (χ1n) is 7.57. The lowest BCUT2D eigenvalue weighted by molar-refractivity contribution is -0.117. The second-order valence-corrected chi connectivity index (χ2v) is 5.95. The third-order valence-corrected chi connectivity index (χ3v) is 4.00. The van der Waals surface area contributed by atoms with E-state index in [0.29, 0.717) is 11.6 Å². The number of carbonyl (C=O) groups is 2. The minimum Gasteiger partial charge on any atom is -0.336 e. The zero-order chi connectivity index (χ0) is 14.8. The summed E-state index contributed by atoms with van der Waals surface area (Å²) in [6.45, 7) is 4.39. The number of halogens is 1. The lowest BCUT2D eigenvalue weighted by atomic mass is 10.1. The molecule has 1 saturated carbocycles. The second kappa shape index (κ2) is 7.11. The zero-order valence-corrected chi connectivity index (χ0v) is 13.5. The summed E-state index contributed by atoms with van der Waals surface area (Å²) in [5.74, 6) is 0.335. The van der Waals surface area contributed by atoms with Gasteiger partial charge in [0.2, 0.25) is 5.91 Å². The summed E-state index contributed by atoms with van der Waals surface area (Å²) in [5, 5.41) is 6.21. The predicted octanol–water partition coefficient (Wildman–Crippen LogP) is 1.89. The fourth-order valence-electron chi connectivity index (χ4n) is 2.59. The number of nitrogens with zero attached hydrogens (tertiary/aromatic N) is 1. The molecule has 1 aromatic carbocycles. The summed E-state index contributed by atoms with van der Waals surface area (Å²) in [6.07, 6.45) is 1.98. The minimum atomic E-state index is 0. The van der Waals surface area contributed by atoms with Crippen molar-refractivity contribution in [2.45, 2.75) is 25.8 Å². The van der Waals surface area contributed by atoms with E-state index in [1.165, 1.54) is 0 Å². The highest BCUT2D eigenvalue weighted by Crippen LogP contribution is 2.30. The number of nitrogens with one attached hydrogen (secondary N) is 2. The number of amides is 2. The van der Waals surface area contributed by atoms with Crippen LogP contribution in [-0.4, -0.2) is 42.4 Å². The lowest BCUT2D eigenvalue weighted by Gasteiger charge is -2.32. The molecule has 0 spiro atoms. The van der Waals surface area contributed by atoms with Crippen LogP contribution in [-0.2, 0) is 4.79 Å². The van der Waals surface area contributed by atoms with Crippen LogP contribution in [0.5, 0.6) is 0 Å². The van der Waals surface area contributed by atoms with E-state index in [9.17, 15) is 9.59 Å². The number of hydrogen-bond donors (Lipinski definition) is 2. The Morgan fingerprint density at radius 2 is 1.91 bits per heavy atom. The van der Waals surface area contributed by atoms with Crippen LogP contribution in [0.2, 0.25) is 0 Å². The van der Waals surface area contributed by atoms with Gasteiger partial charge in [0.05, 0.1) is 0 Å². The molecule has 1 aliphatic heterocycles. The van der Waals surface area contributed by atoms with Crippen LogP contribution in [0.4, 0.5) is 5.69 Å². The third kappa shape index (κ3) is 3.99. The molecular formula is C16H22ClN3O2. The van der Waals surface area contributed by atoms with E-state index >= 15 is 0 Å². The van der Waals surface area contributed by atoms with Gasteiger partial charge in [0.25, 0.3) is 5.91 Å². The number of piperazine rings is 1. The van der Waals surface area contributed by atoms with Gasteiger partial charge in [0.15, 0.2) is 0 Å². The van der Waals surface area contributed by atoms with Crippen LogP contribution in [0.25, 0.3) is 0 Å². The van der Waals surface area contributed by atoms with Crippen molar-refractivity contribution in [1.29, 1.82) is 0 Å². The van der Waals surface area contributed by atoms with Gasteiger partial charge in [0, 0.05) is 42.8 Å². The predicted molar refractivity (Wildman–Crippen MR) is 88.4 cm³/mol. The van der Waals surface area contributed by atoms with E-state index < -0.39 is 0 Å². The monoisotopic (exact) mass is 323 g/mol. The maximum Gasteiger partial charge on any atom is 0.253 e. The van der Waals surface area contributed by atoms with Crippen molar-refractivity contribution in [3.63, 3.8) is 0 Å². The smallest absolute Gasteiger partial charge is 0.253 e. The fraction of sp³-hybridized carbons (Fsp3) is 0.500. The van der Waals surface area contributed by atoms with Crippen molar-refractivity contribution in [2.75, 3.05) is 25.0 Å². The average molecular weight is 324 g/mol. The highest BCUT2D eigenvalue weighted by molar-refractivity contribution is 5.96. The van der Waals surface area contributed by atoms with E-state index in [4.69, 9.17) is 0 Å². The molecule has 1 atom stereocenters. The van der Waals surface area contributed by atoms with Gasteiger partial charge in [-0.2, -0.15) is 0 Å². The number of benzene rings is 1. The Labute approximate surface area is 136 Å². The molecule has 2 N–H and O–H groups in total. The number of anilines is 1. The molecule has 1 heterocycles. The Morgan fingerprint density at radius 3 is 2.50 bits per heavy atom. The summed E-state index contributed by atoms with van der Waals surface area (Å²) in [4.78, 5) is 26.0. The van der Waals surface area contributed by atoms with Crippen molar-refractivity contribution in [2.24, 2.45) is 5.92 Å². The highest BCUT2D eigenvalue weighted by atomic mass is 35.5. The molecule has 1 aliphatic carbocycles. The molecule has 22 heavy (non-hydrogen) atoms. The van der Waals surface area contributed by atoms with Crippen molar-refractivity contribution < 1.29 is 9.59 Å². The number of rotatable bonds is 3. The molecule has 0 aromatic heterocycles. The molecule has 2 aliphatic rings. The van der Waals surface area contributed by atoms with Crippen LogP contribution < -0.4 is 10.6 Å². The van der Waals surface area contributed by atoms with Gasteiger partial charge in [-0.15, -0.1) is 12.4 Å². The quantitative estimate of drug-likeness (QED) is 0.893. The molecule has 2 fully saturated rings. The SMILES string of the molecule is CC1CN(C(=O)c2ccc(NC(=O)C3CC3)cc2)CCN1.Cl. The molecule has 6 heteroatoms. The van der Waals surface area contributed by atoms with Crippen LogP contribution in [0.1, 0.15) is 30.1 Å². The molecule has 120 valence electrons. The first-order chi connectivity index (χ1) is 10.1. The summed E-state index contributed by atoms with van der Waals surface area (Å²) in [6, 6.07) is 7.52. The maximum atomic E-state index is 12.4. The van der Waals surface area contributed by atoms with Gasteiger partial charge in [-0.05, 0) is 44.0 Å². The Kier molecular flexibility index (Phi) is 5.42. The van der Waals surface area contributed by atoms with E-state index in [-0.39, 0.29) is 30.1 Å². The van der Waals surface area contributed by atoms with Crippen molar-refractivity contribution >= 4 is 29.9 Å². The second-order valence-electron chi connectivity index (χ2n) is 5.95. The van der Waals surface area contributed by atoms with Gasteiger partial charge in [-0.25, -0.2) is 0 Å². The zero-order valence-electron chi connectivity index (χ0n) is 12.7. The van der Waals surface area contributed by atoms with Crippen molar-refractivity contribution in [1.82, 2.24) is 10.2 Å². The molecule has 3 rings (SSSR count). The maximum absolute atomic E-state index is 12.4. The van der Waals surface area contributed by atoms with Crippen LogP contribution in [0, 0.1) is 5.92 Å². The molecule has 0 radical (unpaired) electrons. The van der Waals surface area contributed by atoms with E-state index in [0.717, 1.165) is 38.2 Å². The molecular weight excluding hydrogens is 302 g/mol. The van der Waals surface area contributed by atoms with Crippen molar-refractivity contribution in [3.8, 4) is 0 Å². The third-order valence-electron chi connectivity index (χ3n) is 4.00. The largest absolute Gasteiger partial charge is 0.336 e. The first kappa shape index (κ1) is 16.8. The lowest BCUT2D eigenvalue weighted by Crippen LogP contribution is -2.51. The standard InChI is InChI=1S/C16H21N3O2.ClH/c1-11-10-19(9-8-17-11)16(21)13-4-6-14(7-5-13)18-15(20)12-2-3-12;/h4-7,11-12,17H,2-3,8-10H2,1H3,(H,18,20);1H. The van der Waals surface area contributed by atoms with Gasteiger partial charge in [-0.1, -0.05) is 0 Å². The molecule has 0 bridgehead atoms. The van der Waals surface area contributed by atoms with Crippen LogP contribution >= 0.6 is 12.4 Å². The fourth-order valence-corrected chi connectivity index (χ4v) is 2.59. The van der Waals surface area contributed by atoms with Crippen LogP contribution in [0.15, 0.2) is 24.3 Å². The van der Waals surface area contributed by atoms with Crippen molar-refractivity contribution in [3.05, 3.63) is 29.8 Å². The van der Waals surface area contributed by atoms with E-state index in [1.807, 2.05) is 4.90 Å². The molecule has 1 unspecified atom stereocenters. The minimum absolute atomic E-state index is 0. The summed E-state index contributed by atoms with van der Waals surface area (Å²) in [7, 11) is 0. The average Bonchev–Trinajstić information content (AvgIpc) is 3.32. The highest BCUT2D eigenvalue weighted by Gasteiger charge is 2.29. The molecule has 5 nitrogen and oxygen atoms in total. The van der Waals surface area contributed by atoms with Gasteiger partial charge in [0.1, 0.15) is 0 Å². The normalized spacial score (nSPS) is 21.0. The van der Waals surface area contributed by atoms with E-state index in [2.05, 4.69) is 17.6 Å². The van der Waals surface area contributed by atoms with Gasteiger partial charge < -0.3 is 15.5 Å². The topological polar surface area (TPSA) is 61.4 Å². The Balaban J connectivity index is 0.00000176. The number of hydrogen-bond acceptors (Lipinski definition) is 3. The Bertz CT molecular complexity index is 543. The Hall–Kier alpha value is -1.59. The van der Waals surface area contributed by atoms with Gasteiger partial charge in [-0.3, -0.25) is 9.59 Å². The Morgan fingerprint density at radius 1 is 1.23 bits per heavy atom. The first-order valence-corrected chi connectivity index (χ1v) is 7.57. The van der Waals surface area contributed by atoms with E-state index in [1.54, 1.807) is 24.3 Å². The molecule has 1 saturated heterocycles. The molecule has 1 aromatic rings. The molecule has 2 amide bonds. The summed E-state index contributed by atoms with van der Waals surface area (Å²) in [5.41, 5.74) is 1.44.